The van der Waals surface area contributed by atoms with Gasteiger partial charge in [0.15, 0.2) is 11.2 Å². The van der Waals surface area contributed by atoms with Gasteiger partial charge in [-0.15, -0.1) is 0 Å². The molecule has 0 atom stereocenters. The maximum Gasteiger partial charge on any atom is 0.177 e. The van der Waals surface area contributed by atoms with Crippen LogP contribution in [0.4, 0.5) is 0 Å². The summed E-state index contributed by atoms with van der Waals surface area (Å²) in [6, 6.07) is 49.5. The Hall–Kier alpha value is -5.64. The highest BCUT2D eigenvalue weighted by molar-refractivity contribution is 5.81. The minimum atomic E-state index is -1.43. The Morgan fingerprint density at radius 2 is 0.673 bits per heavy atom. The molecule has 2 N–H and O–H groups in total. The molecule has 0 unspecified atom stereocenters. The summed E-state index contributed by atoms with van der Waals surface area (Å²) in [6.07, 6.45) is 2.44. The van der Waals surface area contributed by atoms with Gasteiger partial charge in [0.25, 0.3) is 0 Å². The van der Waals surface area contributed by atoms with Gasteiger partial charge < -0.3 is 10.2 Å². The molecule has 0 saturated heterocycles. The van der Waals surface area contributed by atoms with Crippen molar-refractivity contribution >= 4 is 0 Å². The molecule has 3 aliphatic carbocycles. The third-order valence-electron chi connectivity index (χ3n) is 10.9. The molecule has 0 heterocycles. The summed E-state index contributed by atoms with van der Waals surface area (Å²) in [5, 5.41) is 24.9. The molecule has 2 nitrogen and oxygen atoms in total. The molecule has 0 fully saturated rings. The van der Waals surface area contributed by atoms with E-state index in [9.17, 15) is 10.2 Å². The summed E-state index contributed by atoms with van der Waals surface area (Å²) in [7, 11) is 0. The minimum absolute atomic E-state index is 0.452. The van der Waals surface area contributed by atoms with Crippen LogP contribution in [0.15, 0.2) is 146 Å². The first kappa shape index (κ1) is 29.5. The van der Waals surface area contributed by atoms with Crippen molar-refractivity contribution in [3.8, 4) is 34.8 Å². The van der Waals surface area contributed by atoms with Gasteiger partial charge in [-0.2, -0.15) is 0 Å². The van der Waals surface area contributed by atoms with E-state index >= 15 is 0 Å². The van der Waals surface area contributed by atoms with Crippen molar-refractivity contribution in [1.29, 1.82) is 0 Å². The largest absolute Gasteiger partial charge is 0.369 e. The fourth-order valence-electron chi connectivity index (χ4n) is 8.58. The van der Waals surface area contributed by atoms with Gasteiger partial charge in [0.2, 0.25) is 0 Å². The van der Waals surface area contributed by atoms with Crippen LogP contribution in [0.1, 0.15) is 68.5 Å². The van der Waals surface area contributed by atoms with E-state index in [-0.39, 0.29) is 0 Å². The quantitative estimate of drug-likeness (QED) is 0.189. The predicted molar refractivity (Wildman–Crippen MR) is 195 cm³/mol. The van der Waals surface area contributed by atoms with E-state index in [0.717, 1.165) is 57.3 Å². The number of fused-ring (bicyclic) bond motifs is 7. The fourth-order valence-corrected chi connectivity index (χ4v) is 8.58. The molecule has 0 aliphatic heterocycles. The van der Waals surface area contributed by atoms with Crippen LogP contribution >= 0.6 is 0 Å². The van der Waals surface area contributed by atoms with Gasteiger partial charge in [-0.1, -0.05) is 169 Å². The Balaban J connectivity index is 1.19. The molecule has 234 valence electrons. The SMILES string of the molecule is OC1(C#CCC2(CC#CC3(O)c4ccccc4Cc4ccccc43)c3ccccc3-c3ccccc32)c2ccccc2Cc2ccccc21. The molecule has 49 heavy (non-hydrogen) atoms. The van der Waals surface area contributed by atoms with Crippen LogP contribution in [-0.2, 0) is 29.5 Å². The molecule has 2 heteroatoms. The van der Waals surface area contributed by atoms with E-state index in [4.69, 9.17) is 0 Å². The molecule has 0 bridgehead atoms. The molecule has 0 spiro atoms. The van der Waals surface area contributed by atoms with Gasteiger partial charge in [-0.3, -0.25) is 0 Å². The maximum atomic E-state index is 12.5. The lowest BCUT2D eigenvalue weighted by atomic mass is 9.71. The van der Waals surface area contributed by atoms with Crippen LogP contribution in [0.25, 0.3) is 11.1 Å². The van der Waals surface area contributed by atoms with Gasteiger partial charge >= 0.3 is 0 Å². The van der Waals surface area contributed by atoms with Crippen LogP contribution in [0.5, 0.6) is 0 Å². The highest BCUT2D eigenvalue weighted by atomic mass is 16.3. The third kappa shape index (κ3) is 4.46. The van der Waals surface area contributed by atoms with Crippen LogP contribution in [-0.4, -0.2) is 10.2 Å². The average Bonchev–Trinajstić information content (AvgIpc) is 3.41. The summed E-state index contributed by atoms with van der Waals surface area (Å²) < 4.78 is 0. The van der Waals surface area contributed by atoms with Crippen LogP contribution in [0, 0.1) is 23.7 Å². The molecule has 0 radical (unpaired) electrons. The Morgan fingerprint density at radius 1 is 0.388 bits per heavy atom. The molecule has 3 aliphatic rings. The summed E-state index contributed by atoms with van der Waals surface area (Å²) in [4.78, 5) is 0. The Bertz CT molecular complexity index is 2150. The number of rotatable bonds is 2. The Kier molecular flexibility index (Phi) is 6.75. The number of hydrogen-bond donors (Lipinski definition) is 2. The molecule has 6 aromatic carbocycles. The number of benzene rings is 6. The van der Waals surface area contributed by atoms with Gasteiger partial charge in [0, 0.05) is 40.5 Å². The van der Waals surface area contributed by atoms with Crippen molar-refractivity contribution in [2.75, 3.05) is 0 Å². The zero-order valence-electron chi connectivity index (χ0n) is 27.1. The van der Waals surface area contributed by atoms with Crippen molar-refractivity contribution in [2.24, 2.45) is 0 Å². The van der Waals surface area contributed by atoms with Crippen molar-refractivity contribution in [1.82, 2.24) is 0 Å². The first-order valence-corrected chi connectivity index (χ1v) is 17.0. The predicted octanol–water partition coefficient (Wildman–Crippen LogP) is 8.42. The lowest BCUT2D eigenvalue weighted by molar-refractivity contribution is 0.140. The second-order valence-corrected chi connectivity index (χ2v) is 13.5. The van der Waals surface area contributed by atoms with E-state index in [1.165, 1.54) is 22.3 Å². The van der Waals surface area contributed by atoms with Gasteiger partial charge in [0.05, 0.1) is 0 Å². The third-order valence-corrected chi connectivity index (χ3v) is 10.9. The van der Waals surface area contributed by atoms with Crippen molar-refractivity contribution < 1.29 is 10.2 Å². The number of aliphatic hydroxyl groups is 2. The lowest BCUT2D eigenvalue weighted by Gasteiger charge is -2.33. The standard InChI is InChI=1S/C47H34O2/c48-46(39-21-7-1-15-33(39)31-34-16-2-8-22-40(34)46)29-13-27-45(43-25-11-5-19-37(43)38-20-6-12-26-44(38)45)28-14-30-47(49)41-23-9-3-17-35(41)32-36-18-4-10-24-42(36)47/h1-12,15-26,48-49H,27-28,31-32H2. The summed E-state index contributed by atoms with van der Waals surface area (Å²) >= 11 is 0. The molecular formula is C47H34O2. The molecule has 6 aromatic rings. The van der Waals surface area contributed by atoms with E-state index < -0.39 is 16.6 Å². The first-order valence-electron chi connectivity index (χ1n) is 17.0. The summed E-state index contributed by atoms with van der Waals surface area (Å²) in [5.41, 5.74) is 9.04. The topological polar surface area (TPSA) is 40.5 Å². The zero-order valence-corrected chi connectivity index (χ0v) is 27.1. The van der Waals surface area contributed by atoms with Gasteiger partial charge in [0.1, 0.15) is 0 Å². The summed E-state index contributed by atoms with van der Waals surface area (Å²) in [5.74, 6) is 13.9. The molecular weight excluding hydrogens is 597 g/mol. The van der Waals surface area contributed by atoms with Gasteiger partial charge in [-0.05, 0) is 57.3 Å². The maximum absolute atomic E-state index is 12.5. The van der Waals surface area contributed by atoms with E-state index in [1.807, 2.05) is 72.8 Å². The highest BCUT2D eigenvalue weighted by Crippen LogP contribution is 2.53. The number of hydrogen-bond acceptors (Lipinski definition) is 2. The molecule has 0 aromatic heterocycles. The highest BCUT2D eigenvalue weighted by Gasteiger charge is 2.44. The van der Waals surface area contributed by atoms with E-state index in [1.54, 1.807) is 0 Å². The van der Waals surface area contributed by atoms with Crippen molar-refractivity contribution in [3.63, 3.8) is 0 Å². The molecule has 0 saturated carbocycles. The lowest BCUT2D eigenvalue weighted by Crippen LogP contribution is -2.32. The molecule has 9 rings (SSSR count). The van der Waals surface area contributed by atoms with E-state index in [2.05, 4.69) is 96.5 Å². The smallest absolute Gasteiger partial charge is 0.177 e. The zero-order chi connectivity index (χ0) is 33.1. The van der Waals surface area contributed by atoms with Crippen molar-refractivity contribution in [3.05, 3.63) is 201 Å². The molecule has 0 amide bonds. The van der Waals surface area contributed by atoms with Gasteiger partial charge in [-0.25, -0.2) is 0 Å². The fraction of sp³-hybridized carbons (Fsp3) is 0.149. The van der Waals surface area contributed by atoms with Crippen LogP contribution in [0.3, 0.4) is 0 Å². The summed E-state index contributed by atoms with van der Waals surface area (Å²) in [6.45, 7) is 0. The minimum Gasteiger partial charge on any atom is -0.369 e. The second-order valence-electron chi connectivity index (χ2n) is 13.5. The first-order chi connectivity index (χ1) is 24.0. The van der Waals surface area contributed by atoms with Crippen molar-refractivity contribution in [2.45, 2.75) is 42.3 Å². The average molecular weight is 631 g/mol. The van der Waals surface area contributed by atoms with E-state index in [0.29, 0.717) is 12.8 Å². The normalized spacial score (nSPS) is 16.1. The monoisotopic (exact) mass is 630 g/mol. The Morgan fingerprint density at radius 3 is 1.02 bits per heavy atom. The Labute approximate surface area is 287 Å². The van der Waals surface area contributed by atoms with Crippen LogP contribution < -0.4 is 0 Å². The van der Waals surface area contributed by atoms with Crippen LogP contribution in [0.2, 0.25) is 0 Å². The second kappa shape index (κ2) is 11.2.